The Kier molecular flexibility index (Phi) is 5.52. The van der Waals surface area contributed by atoms with Crippen molar-refractivity contribution in [3.05, 3.63) is 41.3 Å². The second-order valence-corrected chi connectivity index (χ2v) is 8.69. The van der Waals surface area contributed by atoms with Crippen LogP contribution in [0.25, 0.3) is 0 Å². The third-order valence-electron chi connectivity index (χ3n) is 4.70. The molecule has 3 rings (SSSR count). The molecule has 0 radical (unpaired) electrons. The summed E-state index contributed by atoms with van der Waals surface area (Å²) in [5.41, 5.74) is 1.74. The van der Waals surface area contributed by atoms with Gasteiger partial charge in [-0.3, -0.25) is 5.32 Å². The highest BCUT2D eigenvalue weighted by Gasteiger charge is 2.30. The highest BCUT2D eigenvalue weighted by molar-refractivity contribution is 7.89. The molecule has 0 atom stereocenters. The van der Waals surface area contributed by atoms with Gasteiger partial charge < -0.3 is 9.73 Å². The number of amides is 2. The molecule has 8 nitrogen and oxygen atoms in total. The maximum Gasteiger partial charge on any atom is 0.323 e. The minimum Gasteiger partial charge on any atom is -0.428 e. The van der Waals surface area contributed by atoms with Gasteiger partial charge in [-0.1, -0.05) is 17.7 Å². The molecule has 1 saturated heterocycles. The van der Waals surface area contributed by atoms with Crippen LogP contribution in [-0.2, 0) is 10.0 Å². The fourth-order valence-electron chi connectivity index (χ4n) is 2.94. The molecule has 2 N–H and O–H groups in total. The van der Waals surface area contributed by atoms with E-state index in [9.17, 15) is 13.2 Å². The largest absolute Gasteiger partial charge is 0.428 e. The van der Waals surface area contributed by atoms with Crippen LogP contribution in [0.4, 0.5) is 10.8 Å². The fraction of sp³-hybridized carbons (Fsp3) is 0.444. The van der Waals surface area contributed by atoms with E-state index in [2.05, 4.69) is 15.6 Å². The number of anilines is 1. The Hall–Kier alpha value is -2.39. The molecule has 0 saturated carbocycles. The lowest BCUT2D eigenvalue weighted by Gasteiger charge is -2.31. The molecule has 9 heteroatoms. The van der Waals surface area contributed by atoms with Gasteiger partial charge in [0.05, 0.1) is 10.6 Å². The Morgan fingerprint density at radius 2 is 1.78 bits per heavy atom. The molecule has 2 aromatic rings. The van der Waals surface area contributed by atoms with Crippen LogP contribution in [0, 0.1) is 20.8 Å². The van der Waals surface area contributed by atoms with Gasteiger partial charge in [-0.15, -0.1) is 0 Å². The number of sulfonamides is 1. The minimum absolute atomic E-state index is 0.105. The average molecular weight is 392 g/mol. The van der Waals surface area contributed by atoms with Gasteiger partial charge in [-0.2, -0.15) is 9.29 Å². The number of urea groups is 1. The summed E-state index contributed by atoms with van der Waals surface area (Å²) in [5, 5.41) is 5.41. The first kappa shape index (κ1) is 19.4. The van der Waals surface area contributed by atoms with Crippen molar-refractivity contribution >= 4 is 22.1 Å². The van der Waals surface area contributed by atoms with Crippen molar-refractivity contribution in [2.45, 2.75) is 44.6 Å². The van der Waals surface area contributed by atoms with E-state index in [1.165, 1.54) is 4.31 Å². The molecule has 27 heavy (non-hydrogen) atoms. The van der Waals surface area contributed by atoms with E-state index in [-0.39, 0.29) is 12.1 Å². The van der Waals surface area contributed by atoms with Crippen LogP contribution in [0.1, 0.15) is 29.9 Å². The van der Waals surface area contributed by atoms with Gasteiger partial charge in [-0.25, -0.2) is 13.2 Å². The Labute approximate surface area is 159 Å². The van der Waals surface area contributed by atoms with E-state index in [1.807, 2.05) is 6.92 Å². The number of aryl methyl sites for hydroxylation is 3. The summed E-state index contributed by atoms with van der Waals surface area (Å²) in [6.07, 6.45) is 1.09. The molecule has 2 heterocycles. The van der Waals surface area contributed by atoms with E-state index in [4.69, 9.17) is 4.42 Å². The highest BCUT2D eigenvalue weighted by atomic mass is 32.2. The predicted molar refractivity (Wildman–Crippen MR) is 101 cm³/mol. The molecule has 0 spiro atoms. The number of oxazole rings is 1. The van der Waals surface area contributed by atoms with Crippen molar-refractivity contribution in [2.75, 3.05) is 18.4 Å². The minimum atomic E-state index is -3.50. The predicted octanol–water partition coefficient (Wildman–Crippen LogP) is 2.57. The topological polar surface area (TPSA) is 105 Å². The molecule has 1 aliphatic heterocycles. The molecule has 146 valence electrons. The molecule has 1 aliphatic rings. The number of carbonyl (C=O) groups excluding carboxylic acids is 1. The molecule has 1 aromatic heterocycles. The van der Waals surface area contributed by atoms with E-state index in [0.717, 1.165) is 11.3 Å². The van der Waals surface area contributed by atoms with E-state index >= 15 is 0 Å². The number of hydrogen-bond donors (Lipinski definition) is 2. The first-order valence-electron chi connectivity index (χ1n) is 8.84. The number of piperidine rings is 1. The summed E-state index contributed by atoms with van der Waals surface area (Å²) in [6.45, 7) is 6.21. The summed E-state index contributed by atoms with van der Waals surface area (Å²) in [5.74, 6) is 0.653. The van der Waals surface area contributed by atoms with Gasteiger partial charge in [0.1, 0.15) is 5.76 Å². The van der Waals surface area contributed by atoms with Gasteiger partial charge in [0.25, 0.3) is 0 Å². The van der Waals surface area contributed by atoms with Crippen LogP contribution in [-0.4, -0.2) is 42.9 Å². The SMILES string of the molecule is Cc1ccc(S(=O)(=O)N2CCC(NC(=O)Nc3nc(C)c(C)o3)CC2)cc1. The lowest BCUT2D eigenvalue weighted by atomic mass is 10.1. The van der Waals surface area contributed by atoms with E-state index in [1.54, 1.807) is 38.1 Å². The van der Waals surface area contributed by atoms with Crippen LogP contribution >= 0.6 is 0 Å². The maximum atomic E-state index is 12.7. The Balaban J connectivity index is 1.54. The Morgan fingerprint density at radius 3 is 2.33 bits per heavy atom. The van der Waals surface area contributed by atoms with Crippen molar-refractivity contribution < 1.29 is 17.6 Å². The zero-order valence-electron chi connectivity index (χ0n) is 15.7. The van der Waals surface area contributed by atoms with Crippen molar-refractivity contribution in [1.82, 2.24) is 14.6 Å². The third kappa shape index (κ3) is 4.48. The first-order valence-corrected chi connectivity index (χ1v) is 10.3. The first-order chi connectivity index (χ1) is 12.8. The zero-order chi connectivity index (χ0) is 19.6. The number of aromatic nitrogens is 1. The van der Waals surface area contributed by atoms with Crippen LogP contribution in [0.2, 0.25) is 0 Å². The molecule has 2 amide bonds. The van der Waals surface area contributed by atoms with Gasteiger partial charge in [0.15, 0.2) is 0 Å². The van der Waals surface area contributed by atoms with Crippen molar-refractivity contribution in [1.29, 1.82) is 0 Å². The van der Waals surface area contributed by atoms with Crippen LogP contribution < -0.4 is 10.6 Å². The number of nitrogens with zero attached hydrogens (tertiary/aromatic N) is 2. The number of hydrogen-bond acceptors (Lipinski definition) is 5. The maximum absolute atomic E-state index is 12.7. The number of nitrogens with one attached hydrogen (secondary N) is 2. The Bertz CT molecular complexity index is 894. The monoisotopic (exact) mass is 392 g/mol. The number of carbonyl (C=O) groups is 1. The summed E-state index contributed by atoms with van der Waals surface area (Å²) in [7, 11) is -3.50. The fourth-order valence-corrected chi connectivity index (χ4v) is 4.41. The van der Waals surface area contributed by atoms with Crippen molar-refractivity contribution in [3.8, 4) is 0 Å². The zero-order valence-corrected chi connectivity index (χ0v) is 16.5. The third-order valence-corrected chi connectivity index (χ3v) is 6.61. The van der Waals surface area contributed by atoms with Gasteiger partial charge in [0, 0.05) is 19.1 Å². The number of rotatable bonds is 4. The molecular formula is C18H24N4O4S. The van der Waals surface area contributed by atoms with Gasteiger partial charge in [0.2, 0.25) is 10.0 Å². The summed E-state index contributed by atoms with van der Waals surface area (Å²) < 4.78 is 32.2. The van der Waals surface area contributed by atoms with Gasteiger partial charge >= 0.3 is 12.0 Å². The molecule has 0 aliphatic carbocycles. The van der Waals surface area contributed by atoms with E-state index < -0.39 is 16.1 Å². The smallest absolute Gasteiger partial charge is 0.323 e. The molecule has 1 fully saturated rings. The molecular weight excluding hydrogens is 368 g/mol. The normalized spacial score (nSPS) is 16.3. The highest BCUT2D eigenvalue weighted by Crippen LogP contribution is 2.21. The molecule has 1 aromatic carbocycles. The summed E-state index contributed by atoms with van der Waals surface area (Å²) in [4.78, 5) is 16.5. The molecule has 0 unspecified atom stereocenters. The summed E-state index contributed by atoms with van der Waals surface area (Å²) >= 11 is 0. The Morgan fingerprint density at radius 1 is 1.15 bits per heavy atom. The van der Waals surface area contributed by atoms with Crippen molar-refractivity contribution in [3.63, 3.8) is 0 Å². The van der Waals surface area contributed by atoms with Crippen molar-refractivity contribution in [2.24, 2.45) is 0 Å². The van der Waals surface area contributed by atoms with Gasteiger partial charge in [-0.05, 0) is 45.7 Å². The lowest BCUT2D eigenvalue weighted by Crippen LogP contribution is -2.47. The molecule has 0 bridgehead atoms. The van der Waals surface area contributed by atoms with E-state index in [0.29, 0.717) is 36.6 Å². The second-order valence-electron chi connectivity index (χ2n) is 6.75. The lowest BCUT2D eigenvalue weighted by molar-refractivity contribution is 0.238. The quantitative estimate of drug-likeness (QED) is 0.832. The standard InChI is InChI=1S/C18H24N4O4S/c1-12-4-6-16(7-5-12)27(24,25)22-10-8-15(9-11-22)20-17(23)21-18-19-13(2)14(3)26-18/h4-7,15H,8-11H2,1-3H3,(H2,19,20,21,23). The second kappa shape index (κ2) is 7.69. The average Bonchev–Trinajstić information content (AvgIpc) is 2.93. The number of benzene rings is 1. The van der Waals surface area contributed by atoms with Crippen LogP contribution in [0.15, 0.2) is 33.6 Å². The summed E-state index contributed by atoms with van der Waals surface area (Å²) in [6, 6.07) is 6.48. The van der Waals surface area contributed by atoms with Crippen LogP contribution in [0.3, 0.4) is 0 Å². The van der Waals surface area contributed by atoms with Crippen LogP contribution in [0.5, 0.6) is 0 Å².